The van der Waals surface area contributed by atoms with Gasteiger partial charge in [-0.3, -0.25) is 10.1 Å². The molecule has 1 aromatic carbocycles. The number of benzene rings is 1. The number of nitrogens with zero attached hydrogens (tertiary/aromatic N) is 3. The highest BCUT2D eigenvalue weighted by Gasteiger charge is 2.27. The summed E-state index contributed by atoms with van der Waals surface area (Å²) in [5.74, 6) is 1.92. The molecule has 8 heteroatoms. The van der Waals surface area contributed by atoms with Crippen molar-refractivity contribution in [1.82, 2.24) is 4.98 Å². The molecule has 1 aliphatic rings. The first-order valence-corrected chi connectivity index (χ1v) is 8.86. The van der Waals surface area contributed by atoms with Gasteiger partial charge >= 0.3 is 5.69 Å². The first-order chi connectivity index (χ1) is 13.0. The summed E-state index contributed by atoms with van der Waals surface area (Å²) in [6.45, 7) is 3.15. The standard InChI is InChI=1S/C19H24N4O4/c1-13-4-7-20-19(18(13)23(24)25)22-8-5-14(6-9-22)21-15-10-16(26-2)12-17(11-15)27-3/h4,7,10-12,14,21H,5-6,8-9H2,1-3H3. The van der Waals surface area contributed by atoms with Gasteiger partial charge < -0.3 is 19.7 Å². The van der Waals surface area contributed by atoms with E-state index in [1.54, 1.807) is 33.4 Å². The third-order valence-electron chi connectivity index (χ3n) is 4.81. The molecule has 27 heavy (non-hydrogen) atoms. The fourth-order valence-electron chi connectivity index (χ4n) is 3.36. The predicted octanol–water partition coefficient (Wildman–Crippen LogP) is 3.40. The lowest BCUT2D eigenvalue weighted by molar-refractivity contribution is -0.384. The van der Waals surface area contributed by atoms with E-state index in [1.807, 2.05) is 23.1 Å². The van der Waals surface area contributed by atoms with Crippen LogP contribution in [0.2, 0.25) is 0 Å². The molecule has 0 bridgehead atoms. The van der Waals surface area contributed by atoms with Crippen LogP contribution in [0.25, 0.3) is 0 Å². The number of aryl methyl sites for hydroxylation is 1. The predicted molar refractivity (Wildman–Crippen MR) is 104 cm³/mol. The molecule has 0 unspecified atom stereocenters. The minimum Gasteiger partial charge on any atom is -0.497 e. The number of nitrogens with one attached hydrogen (secondary N) is 1. The van der Waals surface area contributed by atoms with Crippen LogP contribution in [0.1, 0.15) is 18.4 Å². The summed E-state index contributed by atoms with van der Waals surface area (Å²) in [7, 11) is 3.25. The molecule has 0 aliphatic carbocycles. The Morgan fingerprint density at radius 3 is 2.37 bits per heavy atom. The van der Waals surface area contributed by atoms with Crippen LogP contribution in [0.3, 0.4) is 0 Å². The average Bonchev–Trinajstić information content (AvgIpc) is 2.67. The number of aromatic nitrogens is 1. The second-order valence-corrected chi connectivity index (χ2v) is 6.56. The van der Waals surface area contributed by atoms with Crippen LogP contribution in [-0.2, 0) is 0 Å². The summed E-state index contributed by atoms with van der Waals surface area (Å²) in [4.78, 5) is 17.3. The van der Waals surface area contributed by atoms with Crippen molar-refractivity contribution >= 4 is 17.2 Å². The number of hydrogen-bond donors (Lipinski definition) is 1. The normalized spacial score (nSPS) is 14.7. The Bertz CT molecular complexity index is 797. The maximum absolute atomic E-state index is 11.4. The molecule has 144 valence electrons. The van der Waals surface area contributed by atoms with E-state index >= 15 is 0 Å². The van der Waals surface area contributed by atoms with E-state index in [-0.39, 0.29) is 16.7 Å². The number of methoxy groups -OCH3 is 2. The van der Waals surface area contributed by atoms with Gasteiger partial charge in [0.05, 0.1) is 19.1 Å². The Balaban J connectivity index is 1.68. The van der Waals surface area contributed by atoms with Gasteiger partial charge in [0, 0.05) is 54.8 Å². The van der Waals surface area contributed by atoms with Gasteiger partial charge in [-0.05, 0) is 25.8 Å². The number of rotatable bonds is 6. The molecule has 1 fully saturated rings. The molecule has 3 rings (SSSR count). The molecule has 0 radical (unpaired) electrons. The fraction of sp³-hybridized carbons (Fsp3) is 0.421. The second kappa shape index (κ2) is 8.11. The number of hydrogen-bond acceptors (Lipinski definition) is 7. The van der Waals surface area contributed by atoms with Crippen molar-refractivity contribution in [2.24, 2.45) is 0 Å². The van der Waals surface area contributed by atoms with E-state index in [4.69, 9.17) is 9.47 Å². The van der Waals surface area contributed by atoms with Crippen LogP contribution in [0.4, 0.5) is 17.2 Å². The monoisotopic (exact) mass is 372 g/mol. The minimum absolute atomic E-state index is 0.0986. The lowest BCUT2D eigenvalue weighted by Crippen LogP contribution is -2.39. The van der Waals surface area contributed by atoms with Gasteiger partial charge in [0.25, 0.3) is 0 Å². The van der Waals surface area contributed by atoms with E-state index in [1.165, 1.54) is 0 Å². The number of pyridine rings is 1. The van der Waals surface area contributed by atoms with Crippen molar-refractivity contribution in [3.63, 3.8) is 0 Å². The van der Waals surface area contributed by atoms with Crippen molar-refractivity contribution in [3.05, 3.63) is 46.1 Å². The van der Waals surface area contributed by atoms with Crippen LogP contribution in [-0.4, -0.2) is 43.3 Å². The van der Waals surface area contributed by atoms with Gasteiger partial charge in [-0.25, -0.2) is 4.98 Å². The third kappa shape index (κ3) is 4.21. The highest BCUT2D eigenvalue weighted by Crippen LogP contribution is 2.32. The molecule has 1 aromatic heterocycles. The van der Waals surface area contributed by atoms with Gasteiger partial charge in [0.1, 0.15) is 11.5 Å². The summed E-state index contributed by atoms with van der Waals surface area (Å²) in [5.41, 5.74) is 1.67. The first kappa shape index (κ1) is 18.8. The molecule has 8 nitrogen and oxygen atoms in total. The maximum atomic E-state index is 11.4. The van der Waals surface area contributed by atoms with Crippen LogP contribution >= 0.6 is 0 Å². The van der Waals surface area contributed by atoms with E-state index in [0.29, 0.717) is 24.5 Å². The van der Waals surface area contributed by atoms with Gasteiger partial charge in [0.15, 0.2) is 0 Å². The van der Waals surface area contributed by atoms with Gasteiger partial charge in [-0.1, -0.05) is 0 Å². The smallest absolute Gasteiger partial charge is 0.314 e. The summed E-state index contributed by atoms with van der Waals surface area (Å²) >= 11 is 0. The Hall–Kier alpha value is -3.03. The molecular weight excluding hydrogens is 348 g/mol. The van der Waals surface area contributed by atoms with Crippen molar-refractivity contribution < 1.29 is 14.4 Å². The van der Waals surface area contributed by atoms with Crippen molar-refractivity contribution in [3.8, 4) is 11.5 Å². The Labute approximate surface area is 158 Å². The molecule has 0 atom stereocenters. The maximum Gasteiger partial charge on any atom is 0.314 e. The first-order valence-electron chi connectivity index (χ1n) is 8.86. The molecular formula is C19H24N4O4. The minimum atomic E-state index is -0.343. The Morgan fingerprint density at radius 1 is 1.19 bits per heavy atom. The zero-order chi connectivity index (χ0) is 19.4. The van der Waals surface area contributed by atoms with Gasteiger partial charge in [-0.15, -0.1) is 0 Å². The van der Waals surface area contributed by atoms with E-state index in [0.717, 1.165) is 30.0 Å². The van der Waals surface area contributed by atoms with E-state index in [9.17, 15) is 10.1 Å². The molecule has 1 saturated heterocycles. The summed E-state index contributed by atoms with van der Waals surface area (Å²) < 4.78 is 10.6. The summed E-state index contributed by atoms with van der Waals surface area (Å²) in [6.07, 6.45) is 3.34. The quantitative estimate of drug-likeness (QED) is 0.614. The van der Waals surface area contributed by atoms with Crippen molar-refractivity contribution in [1.29, 1.82) is 0 Å². The largest absolute Gasteiger partial charge is 0.497 e. The SMILES string of the molecule is COc1cc(NC2CCN(c3nccc(C)c3[N+](=O)[O-])CC2)cc(OC)c1. The van der Waals surface area contributed by atoms with E-state index < -0.39 is 0 Å². The van der Waals surface area contributed by atoms with Crippen molar-refractivity contribution in [2.45, 2.75) is 25.8 Å². The Kier molecular flexibility index (Phi) is 5.63. The van der Waals surface area contributed by atoms with Crippen LogP contribution in [0.15, 0.2) is 30.5 Å². The van der Waals surface area contributed by atoms with Crippen molar-refractivity contribution in [2.75, 3.05) is 37.5 Å². The highest BCUT2D eigenvalue weighted by molar-refractivity contribution is 5.62. The highest BCUT2D eigenvalue weighted by atomic mass is 16.6. The molecule has 2 heterocycles. The van der Waals surface area contributed by atoms with Crippen LogP contribution < -0.4 is 19.7 Å². The molecule has 2 aromatic rings. The summed E-state index contributed by atoms with van der Waals surface area (Å²) in [6, 6.07) is 7.63. The molecule has 0 saturated carbocycles. The number of nitro groups is 1. The van der Waals surface area contributed by atoms with E-state index in [2.05, 4.69) is 10.3 Å². The number of piperidine rings is 1. The zero-order valence-electron chi connectivity index (χ0n) is 15.8. The zero-order valence-corrected chi connectivity index (χ0v) is 15.8. The van der Waals surface area contributed by atoms with Crippen LogP contribution in [0.5, 0.6) is 11.5 Å². The average molecular weight is 372 g/mol. The Morgan fingerprint density at radius 2 is 1.81 bits per heavy atom. The molecule has 0 amide bonds. The van der Waals surface area contributed by atoms with Gasteiger partial charge in [0.2, 0.25) is 5.82 Å². The number of anilines is 2. The molecule has 1 aliphatic heterocycles. The second-order valence-electron chi connectivity index (χ2n) is 6.56. The lowest BCUT2D eigenvalue weighted by atomic mass is 10.0. The summed E-state index contributed by atoms with van der Waals surface area (Å²) in [5, 5.41) is 14.9. The fourth-order valence-corrected chi connectivity index (χ4v) is 3.36. The number of ether oxygens (including phenoxy) is 2. The topological polar surface area (TPSA) is 89.8 Å². The van der Waals surface area contributed by atoms with Gasteiger partial charge in [-0.2, -0.15) is 0 Å². The third-order valence-corrected chi connectivity index (χ3v) is 4.81. The van der Waals surface area contributed by atoms with Crippen LogP contribution in [0, 0.1) is 17.0 Å². The lowest BCUT2D eigenvalue weighted by Gasteiger charge is -2.33. The molecule has 0 spiro atoms. The molecule has 1 N–H and O–H groups in total.